The number of nitrogens with zero attached hydrogens (tertiary/aromatic N) is 3. The Balaban J connectivity index is 1.73. The third-order valence-electron chi connectivity index (χ3n) is 5.65. The van der Waals surface area contributed by atoms with Crippen LogP contribution in [-0.4, -0.2) is 46.6 Å². The van der Waals surface area contributed by atoms with E-state index in [-0.39, 0.29) is 24.5 Å². The Bertz CT molecular complexity index is 1030. The molecule has 164 valence electrons. The number of imide groups is 1. The molecule has 2 saturated heterocycles. The molecular weight excluding hydrogens is 396 g/mol. The number of benzene rings is 1. The van der Waals surface area contributed by atoms with E-state index in [2.05, 4.69) is 10.3 Å². The molecule has 31 heavy (non-hydrogen) atoms. The lowest BCUT2D eigenvalue weighted by molar-refractivity contribution is -0.120. The lowest BCUT2D eigenvalue weighted by Crippen LogP contribution is -2.49. The Kier molecular flexibility index (Phi) is 5.56. The Labute approximate surface area is 181 Å². The summed E-state index contributed by atoms with van der Waals surface area (Å²) in [4.78, 5) is 44.6. The van der Waals surface area contributed by atoms with Gasteiger partial charge in [-0.25, -0.2) is 9.59 Å². The van der Waals surface area contributed by atoms with E-state index in [1.54, 1.807) is 17.3 Å². The van der Waals surface area contributed by atoms with Crippen molar-refractivity contribution in [3.63, 3.8) is 0 Å². The lowest BCUT2D eigenvalue weighted by atomic mass is 9.92. The smallest absolute Gasteiger partial charge is 0.410 e. The molecule has 1 unspecified atom stereocenters. The fraction of sp³-hybridized carbons (Fsp3) is 0.478. The fourth-order valence-electron chi connectivity index (χ4n) is 4.30. The van der Waals surface area contributed by atoms with Gasteiger partial charge in [-0.3, -0.25) is 20.0 Å². The van der Waals surface area contributed by atoms with Crippen LogP contribution < -0.4 is 10.2 Å². The molecule has 1 atom stereocenters. The number of hydrogen-bond acceptors (Lipinski definition) is 5. The monoisotopic (exact) mass is 424 g/mol. The van der Waals surface area contributed by atoms with Crippen LogP contribution in [0.3, 0.4) is 0 Å². The molecule has 0 aliphatic carbocycles. The maximum Gasteiger partial charge on any atom is 0.410 e. The van der Waals surface area contributed by atoms with Gasteiger partial charge in [0.25, 0.3) is 0 Å². The van der Waals surface area contributed by atoms with Gasteiger partial charge in [-0.1, -0.05) is 18.2 Å². The number of hydrogen-bond donors (Lipinski definition) is 1. The SMILES string of the molecule is CC(C)(C)OC(=O)N1CCCCC1c1cccc2c(N3CCC(=O)NC3=O)cncc12. The first kappa shape index (κ1) is 21.1. The summed E-state index contributed by atoms with van der Waals surface area (Å²) < 4.78 is 5.66. The van der Waals surface area contributed by atoms with E-state index >= 15 is 0 Å². The van der Waals surface area contributed by atoms with E-state index in [4.69, 9.17) is 4.74 Å². The average Bonchev–Trinajstić information content (AvgIpc) is 2.72. The molecule has 0 radical (unpaired) electrons. The minimum Gasteiger partial charge on any atom is -0.444 e. The predicted molar refractivity (Wildman–Crippen MR) is 117 cm³/mol. The number of likely N-dealkylation sites (tertiary alicyclic amines) is 1. The molecule has 8 heteroatoms. The lowest BCUT2D eigenvalue weighted by Gasteiger charge is -2.37. The highest BCUT2D eigenvalue weighted by Gasteiger charge is 2.33. The van der Waals surface area contributed by atoms with Crippen molar-refractivity contribution < 1.29 is 19.1 Å². The summed E-state index contributed by atoms with van der Waals surface area (Å²) in [5, 5.41) is 4.13. The summed E-state index contributed by atoms with van der Waals surface area (Å²) in [5.41, 5.74) is 1.08. The quantitative estimate of drug-likeness (QED) is 0.782. The van der Waals surface area contributed by atoms with E-state index in [9.17, 15) is 14.4 Å². The molecule has 2 fully saturated rings. The zero-order chi connectivity index (χ0) is 22.2. The van der Waals surface area contributed by atoms with Crippen molar-refractivity contribution >= 4 is 34.5 Å². The van der Waals surface area contributed by atoms with E-state index in [1.807, 2.05) is 43.9 Å². The van der Waals surface area contributed by atoms with E-state index in [1.165, 1.54) is 0 Å². The van der Waals surface area contributed by atoms with Crippen molar-refractivity contribution in [3.05, 3.63) is 36.2 Å². The molecule has 1 aromatic carbocycles. The highest BCUT2D eigenvalue weighted by atomic mass is 16.6. The van der Waals surface area contributed by atoms with Crippen molar-refractivity contribution in [1.29, 1.82) is 0 Å². The zero-order valence-electron chi connectivity index (χ0n) is 18.2. The maximum atomic E-state index is 12.9. The summed E-state index contributed by atoms with van der Waals surface area (Å²) in [6.07, 6.45) is 6.15. The molecule has 0 spiro atoms. The number of pyridine rings is 1. The van der Waals surface area contributed by atoms with E-state index < -0.39 is 11.6 Å². The van der Waals surface area contributed by atoms with Crippen LogP contribution in [-0.2, 0) is 9.53 Å². The second-order valence-corrected chi connectivity index (χ2v) is 9.04. The Hall–Kier alpha value is -3.16. The first-order valence-electron chi connectivity index (χ1n) is 10.7. The number of anilines is 1. The number of aromatic nitrogens is 1. The summed E-state index contributed by atoms with van der Waals surface area (Å²) in [5.74, 6) is -0.273. The number of ether oxygens (including phenoxy) is 1. The summed E-state index contributed by atoms with van der Waals surface area (Å²) in [6, 6.07) is 5.34. The summed E-state index contributed by atoms with van der Waals surface area (Å²) in [7, 11) is 0. The summed E-state index contributed by atoms with van der Waals surface area (Å²) in [6.45, 7) is 6.55. The zero-order valence-corrected chi connectivity index (χ0v) is 18.2. The minimum absolute atomic E-state index is 0.124. The largest absolute Gasteiger partial charge is 0.444 e. The highest BCUT2D eigenvalue weighted by Crippen LogP contribution is 2.38. The molecule has 2 aliphatic rings. The predicted octanol–water partition coefficient (Wildman–Crippen LogP) is 4.14. The van der Waals surface area contributed by atoms with Gasteiger partial charge < -0.3 is 9.64 Å². The number of carbonyl (C=O) groups excluding carboxylic acids is 3. The number of nitrogens with one attached hydrogen (secondary N) is 1. The number of fused-ring (bicyclic) bond motifs is 1. The second kappa shape index (κ2) is 8.17. The van der Waals surface area contributed by atoms with Gasteiger partial charge in [0.05, 0.1) is 17.9 Å². The molecule has 0 bridgehead atoms. The third-order valence-corrected chi connectivity index (χ3v) is 5.65. The van der Waals surface area contributed by atoms with Crippen LogP contribution in [0.15, 0.2) is 30.6 Å². The molecule has 4 amide bonds. The van der Waals surface area contributed by atoms with Crippen molar-refractivity contribution in [3.8, 4) is 0 Å². The van der Waals surface area contributed by atoms with Crippen molar-refractivity contribution in [2.24, 2.45) is 0 Å². The Morgan fingerprint density at radius 2 is 1.94 bits per heavy atom. The van der Waals surface area contributed by atoms with Crippen molar-refractivity contribution in [1.82, 2.24) is 15.2 Å². The number of rotatable bonds is 2. The van der Waals surface area contributed by atoms with Gasteiger partial charge in [0.2, 0.25) is 5.91 Å². The van der Waals surface area contributed by atoms with E-state index in [0.29, 0.717) is 18.8 Å². The van der Waals surface area contributed by atoms with Crippen molar-refractivity contribution in [2.75, 3.05) is 18.0 Å². The van der Waals surface area contributed by atoms with Gasteiger partial charge in [0.15, 0.2) is 0 Å². The number of piperidine rings is 1. The average molecular weight is 425 g/mol. The number of carbonyl (C=O) groups is 3. The molecule has 3 heterocycles. The highest BCUT2D eigenvalue weighted by molar-refractivity contribution is 6.10. The van der Waals surface area contributed by atoms with E-state index in [0.717, 1.165) is 35.6 Å². The maximum absolute atomic E-state index is 12.9. The molecule has 2 aromatic rings. The Morgan fingerprint density at radius 3 is 2.68 bits per heavy atom. The fourth-order valence-corrected chi connectivity index (χ4v) is 4.30. The molecule has 4 rings (SSSR count). The van der Waals surface area contributed by atoms with Gasteiger partial charge >= 0.3 is 12.1 Å². The van der Waals surface area contributed by atoms with Crippen LogP contribution in [0.4, 0.5) is 15.3 Å². The first-order valence-corrected chi connectivity index (χ1v) is 10.7. The van der Waals surface area contributed by atoms with Gasteiger partial charge in [0.1, 0.15) is 5.60 Å². The molecular formula is C23H28N4O4. The van der Waals surface area contributed by atoms with Crippen LogP contribution in [0.25, 0.3) is 10.8 Å². The van der Waals surface area contributed by atoms with Crippen LogP contribution in [0.1, 0.15) is 58.1 Å². The van der Waals surface area contributed by atoms with Crippen LogP contribution in [0, 0.1) is 0 Å². The normalized spacial score (nSPS) is 20.0. The van der Waals surface area contributed by atoms with Gasteiger partial charge in [-0.15, -0.1) is 0 Å². The van der Waals surface area contributed by atoms with Crippen molar-refractivity contribution in [2.45, 2.75) is 58.1 Å². The van der Waals surface area contributed by atoms with Gasteiger partial charge in [-0.2, -0.15) is 0 Å². The molecule has 8 nitrogen and oxygen atoms in total. The molecule has 2 aliphatic heterocycles. The van der Waals surface area contributed by atoms with Crippen LogP contribution in [0.5, 0.6) is 0 Å². The van der Waals surface area contributed by atoms with Crippen LogP contribution >= 0.6 is 0 Å². The third kappa shape index (κ3) is 4.33. The van der Waals surface area contributed by atoms with Gasteiger partial charge in [0, 0.05) is 36.5 Å². The van der Waals surface area contributed by atoms with Gasteiger partial charge in [-0.05, 0) is 45.6 Å². The molecule has 1 aromatic heterocycles. The summed E-state index contributed by atoms with van der Waals surface area (Å²) >= 11 is 0. The second-order valence-electron chi connectivity index (χ2n) is 9.04. The number of urea groups is 1. The van der Waals surface area contributed by atoms with Crippen LogP contribution in [0.2, 0.25) is 0 Å². The standard InChI is InChI=1S/C23H28N4O4/c1-23(2,3)31-22(30)27-11-5-4-9-18(27)15-7-6-8-16-17(15)13-24-14-19(16)26-12-10-20(28)25-21(26)29/h6-8,13-14,18H,4-5,9-12H2,1-3H3,(H,25,28,29). The molecule has 1 N–H and O–H groups in total. The Morgan fingerprint density at radius 1 is 1.13 bits per heavy atom. The molecule has 0 saturated carbocycles. The first-order chi connectivity index (χ1) is 14.7. The topological polar surface area (TPSA) is 91.8 Å². The minimum atomic E-state index is -0.564. The number of amides is 4.